The Bertz CT molecular complexity index is 733. The van der Waals surface area contributed by atoms with Crippen LogP contribution in [-0.2, 0) is 17.6 Å². The standard InChI is InChI=1S/C22H31N3O2S/c26-21-18(8-11-25(21)15-16-6-7-16)23-9-3-10-24(13-12-23)22(27)20-14-17-4-1-2-5-19(17)28-20/h14,16,18H,1-13,15H2/t18-/m0/s1. The van der Waals surface area contributed by atoms with Gasteiger partial charge in [0.05, 0.1) is 10.9 Å². The van der Waals surface area contributed by atoms with E-state index >= 15 is 0 Å². The third-order valence-corrected chi connectivity index (χ3v) is 8.14. The molecular weight excluding hydrogens is 370 g/mol. The summed E-state index contributed by atoms with van der Waals surface area (Å²) in [5, 5.41) is 0. The monoisotopic (exact) mass is 401 g/mol. The maximum atomic E-state index is 13.1. The van der Waals surface area contributed by atoms with Crippen LogP contribution in [0.3, 0.4) is 0 Å². The largest absolute Gasteiger partial charge is 0.341 e. The van der Waals surface area contributed by atoms with Crippen LogP contribution >= 0.6 is 11.3 Å². The molecule has 2 aliphatic heterocycles. The number of thiophene rings is 1. The van der Waals surface area contributed by atoms with E-state index < -0.39 is 0 Å². The second-order valence-electron chi connectivity index (χ2n) is 8.98. The summed E-state index contributed by atoms with van der Waals surface area (Å²) < 4.78 is 0. The fourth-order valence-corrected chi connectivity index (χ4v) is 6.28. The summed E-state index contributed by atoms with van der Waals surface area (Å²) in [7, 11) is 0. The minimum absolute atomic E-state index is 0.0443. The van der Waals surface area contributed by atoms with E-state index in [1.165, 1.54) is 36.1 Å². The molecule has 0 unspecified atom stereocenters. The summed E-state index contributed by atoms with van der Waals surface area (Å²) in [5.74, 6) is 1.29. The molecular formula is C22H31N3O2S. The molecule has 0 bridgehead atoms. The number of fused-ring (bicyclic) bond motifs is 1. The van der Waals surface area contributed by atoms with Crippen LogP contribution in [0.1, 0.15) is 58.6 Å². The quantitative estimate of drug-likeness (QED) is 0.779. The number of aryl methyl sites for hydroxylation is 2. The number of hydrogen-bond donors (Lipinski definition) is 0. The van der Waals surface area contributed by atoms with E-state index in [1.807, 2.05) is 4.90 Å². The zero-order valence-electron chi connectivity index (χ0n) is 16.7. The Balaban J connectivity index is 1.20. The van der Waals surface area contributed by atoms with Gasteiger partial charge in [-0.2, -0.15) is 0 Å². The van der Waals surface area contributed by atoms with E-state index in [-0.39, 0.29) is 11.9 Å². The zero-order chi connectivity index (χ0) is 19.1. The third kappa shape index (κ3) is 3.73. The SMILES string of the molecule is O=C(c1cc2c(s1)CCCC2)N1CCCN([C@H]2CCN(CC3CC3)C2=O)CC1. The van der Waals surface area contributed by atoms with E-state index in [2.05, 4.69) is 15.9 Å². The molecule has 2 saturated heterocycles. The molecule has 3 fully saturated rings. The van der Waals surface area contributed by atoms with Gasteiger partial charge in [-0.05, 0) is 68.9 Å². The number of likely N-dealkylation sites (tertiary alicyclic amines) is 1. The van der Waals surface area contributed by atoms with Gasteiger partial charge in [0.25, 0.3) is 5.91 Å². The zero-order valence-corrected chi connectivity index (χ0v) is 17.5. The van der Waals surface area contributed by atoms with Gasteiger partial charge in [0.15, 0.2) is 0 Å². The van der Waals surface area contributed by atoms with Gasteiger partial charge in [0.2, 0.25) is 5.91 Å². The highest BCUT2D eigenvalue weighted by molar-refractivity contribution is 7.14. The molecule has 1 saturated carbocycles. The number of carbonyl (C=O) groups excluding carboxylic acids is 2. The second kappa shape index (κ2) is 7.79. The van der Waals surface area contributed by atoms with Crippen LogP contribution in [0.4, 0.5) is 0 Å². The molecule has 152 valence electrons. The van der Waals surface area contributed by atoms with Gasteiger partial charge in [-0.3, -0.25) is 14.5 Å². The summed E-state index contributed by atoms with van der Waals surface area (Å²) in [6, 6.07) is 2.20. The Morgan fingerprint density at radius 2 is 1.86 bits per heavy atom. The van der Waals surface area contributed by atoms with Gasteiger partial charge in [-0.25, -0.2) is 0 Å². The Morgan fingerprint density at radius 3 is 2.68 bits per heavy atom. The van der Waals surface area contributed by atoms with Gasteiger partial charge in [-0.1, -0.05) is 0 Å². The summed E-state index contributed by atoms with van der Waals surface area (Å²) in [5.41, 5.74) is 1.41. The van der Waals surface area contributed by atoms with E-state index in [1.54, 1.807) is 11.3 Å². The fourth-order valence-electron chi connectivity index (χ4n) is 5.06. The number of nitrogens with zero attached hydrogens (tertiary/aromatic N) is 3. The molecule has 0 aromatic carbocycles. The molecule has 0 radical (unpaired) electrons. The van der Waals surface area contributed by atoms with Crippen molar-refractivity contribution in [3.05, 3.63) is 21.4 Å². The van der Waals surface area contributed by atoms with Crippen molar-refractivity contribution < 1.29 is 9.59 Å². The first-order chi connectivity index (χ1) is 13.7. The van der Waals surface area contributed by atoms with Crippen molar-refractivity contribution in [2.24, 2.45) is 5.92 Å². The molecule has 28 heavy (non-hydrogen) atoms. The molecule has 5 nitrogen and oxygen atoms in total. The van der Waals surface area contributed by atoms with Crippen molar-refractivity contribution in [1.82, 2.24) is 14.7 Å². The molecule has 4 aliphatic rings. The van der Waals surface area contributed by atoms with Gasteiger partial charge in [0, 0.05) is 44.1 Å². The summed E-state index contributed by atoms with van der Waals surface area (Å²) in [6.07, 6.45) is 9.29. The molecule has 5 rings (SSSR count). The van der Waals surface area contributed by atoms with Crippen LogP contribution in [0.25, 0.3) is 0 Å². The number of carbonyl (C=O) groups is 2. The molecule has 0 spiro atoms. The van der Waals surface area contributed by atoms with Gasteiger partial charge in [-0.15, -0.1) is 11.3 Å². The summed E-state index contributed by atoms with van der Waals surface area (Å²) in [4.78, 5) is 34.7. The molecule has 1 atom stereocenters. The van der Waals surface area contributed by atoms with Gasteiger partial charge < -0.3 is 9.80 Å². The second-order valence-corrected chi connectivity index (χ2v) is 10.1. The Kier molecular flexibility index (Phi) is 5.18. The lowest BCUT2D eigenvalue weighted by Gasteiger charge is -2.26. The molecule has 3 heterocycles. The first-order valence-corrected chi connectivity index (χ1v) is 11.9. The number of rotatable bonds is 4. The predicted molar refractivity (Wildman–Crippen MR) is 111 cm³/mol. The maximum Gasteiger partial charge on any atom is 0.263 e. The van der Waals surface area contributed by atoms with Crippen LogP contribution in [0.5, 0.6) is 0 Å². The highest BCUT2D eigenvalue weighted by Crippen LogP contribution is 2.32. The van der Waals surface area contributed by atoms with Gasteiger partial charge in [0.1, 0.15) is 0 Å². The van der Waals surface area contributed by atoms with Crippen molar-refractivity contribution in [1.29, 1.82) is 0 Å². The minimum Gasteiger partial charge on any atom is -0.341 e. The first kappa shape index (κ1) is 18.6. The van der Waals surface area contributed by atoms with E-state index in [0.29, 0.717) is 5.91 Å². The summed E-state index contributed by atoms with van der Waals surface area (Å²) in [6.45, 7) is 5.19. The average Bonchev–Trinajstić information content (AvgIpc) is 3.38. The van der Waals surface area contributed by atoms with E-state index in [0.717, 1.165) is 75.7 Å². The van der Waals surface area contributed by atoms with Crippen LogP contribution < -0.4 is 0 Å². The molecule has 1 aromatic heterocycles. The lowest BCUT2D eigenvalue weighted by Crippen LogP contribution is -2.44. The van der Waals surface area contributed by atoms with Crippen molar-refractivity contribution in [3.63, 3.8) is 0 Å². The Labute approximate surface area is 171 Å². The third-order valence-electron chi connectivity index (χ3n) is 6.91. The van der Waals surface area contributed by atoms with Crippen LogP contribution in [0.15, 0.2) is 6.07 Å². The fraction of sp³-hybridized carbons (Fsp3) is 0.727. The smallest absolute Gasteiger partial charge is 0.263 e. The minimum atomic E-state index is 0.0443. The van der Waals surface area contributed by atoms with Crippen LogP contribution in [0, 0.1) is 5.92 Å². The highest BCUT2D eigenvalue weighted by Gasteiger charge is 2.39. The Morgan fingerprint density at radius 1 is 1.00 bits per heavy atom. The van der Waals surface area contributed by atoms with Gasteiger partial charge >= 0.3 is 0 Å². The lowest BCUT2D eigenvalue weighted by molar-refractivity contribution is -0.132. The molecule has 2 amide bonds. The first-order valence-electron chi connectivity index (χ1n) is 11.1. The average molecular weight is 402 g/mol. The van der Waals surface area contributed by atoms with Crippen molar-refractivity contribution in [2.75, 3.05) is 39.3 Å². The number of amides is 2. The lowest BCUT2D eigenvalue weighted by atomic mass is 9.99. The number of hydrogen-bond acceptors (Lipinski definition) is 4. The van der Waals surface area contributed by atoms with Crippen molar-refractivity contribution >= 4 is 23.2 Å². The van der Waals surface area contributed by atoms with Crippen molar-refractivity contribution in [2.45, 2.75) is 57.4 Å². The maximum absolute atomic E-state index is 13.1. The predicted octanol–water partition coefficient (Wildman–Crippen LogP) is 2.79. The topological polar surface area (TPSA) is 43.9 Å². The molecule has 0 N–H and O–H groups in total. The molecule has 6 heteroatoms. The Hall–Kier alpha value is -1.40. The van der Waals surface area contributed by atoms with E-state index in [9.17, 15) is 9.59 Å². The summed E-state index contributed by atoms with van der Waals surface area (Å²) >= 11 is 1.72. The van der Waals surface area contributed by atoms with Crippen LogP contribution in [0.2, 0.25) is 0 Å². The van der Waals surface area contributed by atoms with E-state index in [4.69, 9.17) is 0 Å². The van der Waals surface area contributed by atoms with Crippen molar-refractivity contribution in [3.8, 4) is 0 Å². The molecule has 1 aromatic rings. The molecule has 2 aliphatic carbocycles. The van der Waals surface area contributed by atoms with Crippen LogP contribution in [-0.4, -0.2) is 71.8 Å². The normalized spacial score (nSPS) is 26.4. The highest BCUT2D eigenvalue weighted by atomic mass is 32.1.